The Morgan fingerprint density at radius 2 is 1.85 bits per heavy atom. The molecule has 4 aromatic heterocycles. The van der Waals surface area contributed by atoms with Gasteiger partial charge in [-0.05, 0) is 56.7 Å². The second-order valence-electron chi connectivity index (χ2n) is 9.14. The molecule has 0 unspecified atom stereocenters. The number of aromatic nitrogens is 6. The van der Waals surface area contributed by atoms with Crippen molar-refractivity contribution in [2.45, 2.75) is 19.4 Å². The highest BCUT2D eigenvalue weighted by molar-refractivity contribution is 5.88. The number of anilines is 1. The van der Waals surface area contributed by atoms with E-state index in [1.54, 1.807) is 0 Å². The third-order valence-corrected chi connectivity index (χ3v) is 6.74. The number of nitrogens with zero attached hydrogens (tertiary/aromatic N) is 7. The molecule has 170 valence electrons. The molecule has 2 N–H and O–H groups in total. The molecule has 9 heteroatoms. The van der Waals surface area contributed by atoms with Crippen molar-refractivity contribution < 1.29 is 0 Å². The predicted octanol–water partition coefficient (Wildman–Crippen LogP) is 2.76. The Hall–Kier alpha value is -3.30. The van der Waals surface area contributed by atoms with Crippen molar-refractivity contribution in [3.8, 4) is 22.8 Å². The van der Waals surface area contributed by atoms with Crippen LogP contribution in [0.5, 0.6) is 0 Å². The summed E-state index contributed by atoms with van der Waals surface area (Å²) in [6, 6.07) is 6.30. The zero-order valence-electron chi connectivity index (χ0n) is 19.0. The number of imidazole rings is 1. The fourth-order valence-corrected chi connectivity index (χ4v) is 4.84. The highest BCUT2D eigenvalue weighted by Crippen LogP contribution is 2.29. The van der Waals surface area contributed by atoms with Gasteiger partial charge in [-0.25, -0.2) is 9.97 Å². The summed E-state index contributed by atoms with van der Waals surface area (Å²) in [4.78, 5) is 24.4. The van der Waals surface area contributed by atoms with Gasteiger partial charge in [-0.1, -0.05) is 0 Å². The largest absolute Gasteiger partial charge is 0.367 e. The standard InChI is InChI=1S/C24H29N9/c1-31-8-10-33(11-9-31)21-4-5-26-24-22(21)27-23(28-24)20-13-19(29-30-20)18-12-17(14-25-15-18)16-32-6-2-3-7-32/h4-5,12-15H,2-3,6-11,16H2,1H3,(H,29,30)(H,26,27,28). The van der Waals surface area contributed by atoms with Crippen LogP contribution in [-0.2, 0) is 6.54 Å². The van der Waals surface area contributed by atoms with Gasteiger partial charge in [-0.3, -0.25) is 15.0 Å². The maximum absolute atomic E-state index is 4.75. The molecule has 0 amide bonds. The Labute approximate surface area is 192 Å². The molecular weight excluding hydrogens is 414 g/mol. The summed E-state index contributed by atoms with van der Waals surface area (Å²) in [6.07, 6.45) is 8.26. The number of rotatable bonds is 5. The van der Waals surface area contributed by atoms with E-state index in [4.69, 9.17) is 4.98 Å². The van der Waals surface area contributed by atoms with Crippen LogP contribution in [0.2, 0.25) is 0 Å². The number of H-pyrrole nitrogens is 2. The lowest BCUT2D eigenvalue weighted by atomic mass is 10.1. The van der Waals surface area contributed by atoms with Crippen molar-refractivity contribution in [2.24, 2.45) is 0 Å². The van der Waals surface area contributed by atoms with E-state index in [0.717, 1.165) is 72.4 Å². The average Bonchev–Trinajstić information content (AvgIpc) is 3.60. The van der Waals surface area contributed by atoms with Crippen LogP contribution in [0.25, 0.3) is 33.9 Å². The molecule has 0 aliphatic carbocycles. The molecule has 9 nitrogen and oxygen atoms in total. The topological polar surface area (TPSA) is 92.9 Å². The maximum Gasteiger partial charge on any atom is 0.180 e. The Bertz CT molecular complexity index is 1250. The van der Waals surface area contributed by atoms with Gasteiger partial charge in [-0.15, -0.1) is 0 Å². The summed E-state index contributed by atoms with van der Waals surface area (Å²) < 4.78 is 0. The SMILES string of the molecule is CN1CCN(c2ccnc3nc(-c4cc(-c5cncc(CN6CCCC6)c5)n[nH]4)[nH]c23)CC1. The van der Waals surface area contributed by atoms with Crippen LogP contribution >= 0.6 is 0 Å². The van der Waals surface area contributed by atoms with Crippen LogP contribution in [0.4, 0.5) is 5.69 Å². The zero-order chi connectivity index (χ0) is 22.2. The molecule has 2 aliphatic rings. The Morgan fingerprint density at radius 3 is 2.70 bits per heavy atom. The summed E-state index contributed by atoms with van der Waals surface area (Å²) in [5, 5.41) is 7.70. The maximum atomic E-state index is 4.75. The quantitative estimate of drug-likeness (QED) is 0.490. The van der Waals surface area contributed by atoms with Crippen LogP contribution < -0.4 is 4.90 Å². The number of fused-ring (bicyclic) bond motifs is 1. The van der Waals surface area contributed by atoms with Crippen molar-refractivity contribution in [3.63, 3.8) is 0 Å². The Balaban J connectivity index is 1.26. The van der Waals surface area contributed by atoms with Crippen molar-refractivity contribution in [1.29, 1.82) is 0 Å². The molecule has 2 aliphatic heterocycles. The Kier molecular flexibility index (Phi) is 5.27. The highest BCUT2D eigenvalue weighted by Gasteiger charge is 2.19. The van der Waals surface area contributed by atoms with E-state index in [0.29, 0.717) is 0 Å². The molecule has 0 bridgehead atoms. The van der Waals surface area contributed by atoms with E-state index < -0.39 is 0 Å². The van der Waals surface area contributed by atoms with Crippen LogP contribution in [0.1, 0.15) is 18.4 Å². The predicted molar refractivity (Wildman–Crippen MR) is 129 cm³/mol. The van der Waals surface area contributed by atoms with Crippen LogP contribution in [0.15, 0.2) is 36.8 Å². The van der Waals surface area contributed by atoms with E-state index >= 15 is 0 Å². The van der Waals surface area contributed by atoms with Gasteiger partial charge in [0.25, 0.3) is 0 Å². The number of likely N-dealkylation sites (N-methyl/N-ethyl adjacent to an activating group) is 1. The smallest absolute Gasteiger partial charge is 0.180 e. The summed E-state index contributed by atoms with van der Waals surface area (Å²) >= 11 is 0. The van der Waals surface area contributed by atoms with Crippen molar-refractivity contribution in [1.82, 2.24) is 39.9 Å². The van der Waals surface area contributed by atoms with Gasteiger partial charge in [0, 0.05) is 56.9 Å². The summed E-state index contributed by atoms with van der Waals surface area (Å²) in [7, 11) is 2.17. The summed E-state index contributed by atoms with van der Waals surface area (Å²) in [6.45, 7) is 7.40. The van der Waals surface area contributed by atoms with Crippen LogP contribution in [0, 0.1) is 0 Å². The fourth-order valence-electron chi connectivity index (χ4n) is 4.84. The van der Waals surface area contributed by atoms with E-state index in [1.807, 2.05) is 24.7 Å². The first-order valence-corrected chi connectivity index (χ1v) is 11.7. The van der Waals surface area contributed by atoms with Gasteiger partial charge in [-0.2, -0.15) is 5.10 Å². The first kappa shape index (κ1) is 20.3. The molecule has 0 aromatic carbocycles. The zero-order valence-corrected chi connectivity index (χ0v) is 19.0. The minimum absolute atomic E-state index is 0.729. The second-order valence-corrected chi connectivity index (χ2v) is 9.14. The molecule has 2 saturated heterocycles. The van der Waals surface area contributed by atoms with Gasteiger partial charge in [0.1, 0.15) is 11.2 Å². The molecule has 33 heavy (non-hydrogen) atoms. The van der Waals surface area contributed by atoms with Crippen molar-refractivity contribution >= 4 is 16.9 Å². The van der Waals surface area contributed by atoms with Gasteiger partial charge < -0.3 is 14.8 Å². The van der Waals surface area contributed by atoms with E-state index in [2.05, 4.69) is 59.0 Å². The number of piperazine rings is 1. The normalized spacial score (nSPS) is 17.9. The second kappa shape index (κ2) is 8.57. The van der Waals surface area contributed by atoms with Crippen LogP contribution in [0.3, 0.4) is 0 Å². The lowest BCUT2D eigenvalue weighted by Gasteiger charge is -2.34. The molecule has 6 heterocycles. The summed E-state index contributed by atoms with van der Waals surface area (Å²) in [5.74, 6) is 0.749. The van der Waals surface area contributed by atoms with Gasteiger partial charge in [0.2, 0.25) is 0 Å². The lowest BCUT2D eigenvalue weighted by Crippen LogP contribution is -2.44. The first-order valence-electron chi connectivity index (χ1n) is 11.7. The van der Waals surface area contributed by atoms with Gasteiger partial charge >= 0.3 is 0 Å². The third-order valence-electron chi connectivity index (χ3n) is 6.74. The number of pyridine rings is 2. The average molecular weight is 444 g/mol. The van der Waals surface area contributed by atoms with E-state index in [9.17, 15) is 0 Å². The Morgan fingerprint density at radius 1 is 1.00 bits per heavy atom. The minimum Gasteiger partial charge on any atom is -0.367 e. The molecule has 6 rings (SSSR count). The molecular formula is C24H29N9. The lowest BCUT2D eigenvalue weighted by molar-refractivity contribution is 0.313. The molecule has 2 fully saturated rings. The molecule has 0 atom stereocenters. The number of likely N-dealkylation sites (tertiary alicyclic amines) is 1. The number of hydrogen-bond acceptors (Lipinski definition) is 7. The molecule has 0 spiro atoms. The molecule has 0 saturated carbocycles. The van der Waals surface area contributed by atoms with Crippen LogP contribution in [-0.4, -0.2) is 86.2 Å². The molecule has 4 aromatic rings. The summed E-state index contributed by atoms with van der Waals surface area (Å²) in [5.41, 5.74) is 6.82. The van der Waals surface area contributed by atoms with Gasteiger partial charge in [0.15, 0.2) is 11.5 Å². The van der Waals surface area contributed by atoms with Crippen molar-refractivity contribution in [3.05, 3.63) is 42.4 Å². The number of hydrogen-bond donors (Lipinski definition) is 2. The molecule has 0 radical (unpaired) electrons. The minimum atomic E-state index is 0.729. The number of aromatic amines is 2. The third kappa shape index (κ3) is 4.09. The first-order chi connectivity index (χ1) is 16.2. The van der Waals surface area contributed by atoms with E-state index in [-0.39, 0.29) is 0 Å². The van der Waals surface area contributed by atoms with E-state index in [1.165, 1.54) is 31.5 Å². The fraction of sp³-hybridized carbons (Fsp3) is 0.417. The highest BCUT2D eigenvalue weighted by atomic mass is 15.3. The van der Waals surface area contributed by atoms with Crippen molar-refractivity contribution in [2.75, 3.05) is 51.2 Å². The van der Waals surface area contributed by atoms with Gasteiger partial charge in [0.05, 0.1) is 11.4 Å². The monoisotopic (exact) mass is 443 g/mol. The number of nitrogens with one attached hydrogen (secondary N) is 2.